The fourth-order valence-electron chi connectivity index (χ4n) is 1.08. The minimum absolute atomic E-state index is 0.0393. The van der Waals surface area contributed by atoms with Crippen LogP contribution in [0.2, 0.25) is 0 Å². The van der Waals surface area contributed by atoms with E-state index in [1.807, 2.05) is 17.7 Å². The molecule has 0 spiro atoms. The van der Waals surface area contributed by atoms with Gasteiger partial charge in [0.2, 0.25) is 0 Å². The Morgan fingerprint density at radius 3 is 2.73 bits per heavy atom. The summed E-state index contributed by atoms with van der Waals surface area (Å²) in [6.45, 7) is 3.90. The van der Waals surface area contributed by atoms with Crippen LogP contribution >= 0.6 is 11.3 Å². The summed E-state index contributed by atoms with van der Waals surface area (Å²) in [5, 5.41) is 25.1. The molecule has 0 aliphatic heterocycles. The van der Waals surface area contributed by atoms with Gasteiger partial charge in [-0.2, -0.15) is 11.3 Å². The van der Waals surface area contributed by atoms with Gasteiger partial charge in [-0.15, -0.1) is 0 Å². The zero-order valence-corrected chi connectivity index (χ0v) is 9.60. The second-order valence-corrected chi connectivity index (χ2v) is 4.51. The number of carboxylic acids is 1. The number of nitrogens with one attached hydrogen (secondary N) is 1. The molecule has 4 nitrogen and oxygen atoms in total. The van der Waals surface area contributed by atoms with Crippen molar-refractivity contribution in [1.82, 2.24) is 5.32 Å². The lowest BCUT2D eigenvalue weighted by Gasteiger charge is -2.18. The van der Waals surface area contributed by atoms with Crippen molar-refractivity contribution < 1.29 is 15.0 Å². The molecule has 1 unspecified atom stereocenters. The molecule has 1 heterocycles. The van der Waals surface area contributed by atoms with Gasteiger partial charge >= 0.3 is 5.97 Å². The Hall–Kier alpha value is -0.910. The summed E-state index contributed by atoms with van der Waals surface area (Å²) in [7, 11) is 0. The van der Waals surface area contributed by atoms with Crippen molar-refractivity contribution in [2.45, 2.75) is 26.0 Å². The summed E-state index contributed by atoms with van der Waals surface area (Å²) in [6, 6.07) is 0. The maximum absolute atomic E-state index is 10.6. The molecule has 0 radical (unpaired) electrons. The first-order valence-electron chi connectivity index (χ1n) is 4.61. The van der Waals surface area contributed by atoms with E-state index in [0.717, 1.165) is 5.56 Å². The van der Waals surface area contributed by atoms with Crippen LogP contribution in [0.25, 0.3) is 0 Å². The third-order valence-corrected chi connectivity index (χ3v) is 3.12. The second kappa shape index (κ2) is 4.74. The number of hydrogen-bond acceptors (Lipinski definition) is 4. The highest BCUT2D eigenvalue weighted by Gasteiger charge is 2.29. The molecule has 0 amide bonds. The molecule has 1 aromatic rings. The predicted octanol–water partition coefficient (Wildman–Crippen LogP) is 0.982. The number of hydrogen-bond donors (Lipinski definition) is 3. The number of carboxylic acid groups (broad SMARTS) is 1. The minimum Gasteiger partial charge on any atom is -0.479 e. The molecule has 0 aromatic carbocycles. The van der Waals surface area contributed by atoms with Gasteiger partial charge in [-0.05, 0) is 35.7 Å². The highest BCUT2D eigenvalue weighted by Crippen LogP contribution is 2.13. The van der Waals surface area contributed by atoms with Gasteiger partial charge in [-0.1, -0.05) is 0 Å². The highest BCUT2D eigenvalue weighted by atomic mass is 32.1. The van der Waals surface area contributed by atoms with Gasteiger partial charge in [0, 0.05) is 13.1 Å². The van der Waals surface area contributed by atoms with Gasteiger partial charge in [-0.25, -0.2) is 4.79 Å². The maximum atomic E-state index is 10.6. The minimum atomic E-state index is -1.70. The zero-order valence-electron chi connectivity index (χ0n) is 8.78. The molecule has 1 atom stereocenters. The average molecular weight is 229 g/mol. The van der Waals surface area contributed by atoms with Crippen LogP contribution in [-0.2, 0) is 11.3 Å². The molecule has 0 saturated carbocycles. The molecular weight excluding hydrogens is 214 g/mol. The van der Waals surface area contributed by atoms with Crippen LogP contribution in [0.4, 0.5) is 0 Å². The van der Waals surface area contributed by atoms with Gasteiger partial charge in [0.05, 0.1) is 0 Å². The van der Waals surface area contributed by atoms with Crippen molar-refractivity contribution in [3.05, 3.63) is 21.9 Å². The third-order valence-electron chi connectivity index (χ3n) is 2.21. The average Bonchev–Trinajstić information content (AvgIpc) is 2.51. The molecule has 3 N–H and O–H groups in total. The van der Waals surface area contributed by atoms with Gasteiger partial charge in [0.25, 0.3) is 0 Å². The Labute approximate surface area is 92.6 Å². The van der Waals surface area contributed by atoms with Crippen molar-refractivity contribution in [2.75, 3.05) is 6.54 Å². The largest absolute Gasteiger partial charge is 0.479 e. The SMILES string of the molecule is Cc1cscc1CNCC(C)(O)C(=O)O. The highest BCUT2D eigenvalue weighted by molar-refractivity contribution is 7.08. The molecule has 84 valence electrons. The zero-order chi connectivity index (χ0) is 11.5. The van der Waals surface area contributed by atoms with Crippen LogP contribution in [0.1, 0.15) is 18.1 Å². The van der Waals surface area contributed by atoms with Crippen LogP contribution in [0.5, 0.6) is 0 Å². The van der Waals surface area contributed by atoms with Crippen molar-refractivity contribution >= 4 is 17.3 Å². The molecule has 0 aliphatic carbocycles. The smallest absolute Gasteiger partial charge is 0.336 e. The molecule has 0 aliphatic rings. The number of rotatable bonds is 5. The summed E-state index contributed by atoms with van der Waals surface area (Å²) in [5.41, 5.74) is 0.618. The Balaban J connectivity index is 2.40. The number of thiophene rings is 1. The molecule has 0 bridgehead atoms. The predicted molar refractivity (Wildman–Crippen MR) is 59.0 cm³/mol. The normalized spacial score (nSPS) is 14.9. The van der Waals surface area contributed by atoms with Crippen LogP contribution in [0.3, 0.4) is 0 Å². The van der Waals surface area contributed by atoms with Crippen molar-refractivity contribution in [3.8, 4) is 0 Å². The molecular formula is C10H15NO3S. The lowest BCUT2D eigenvalue weighted by Crippen LogP contribution is -2.44. The summed E-state index contributed by atoms with van der Waals surface area (Å²) >= 11 is 1.61. The monoisotopic (exact) mass is 229 g/mol. The van der Waals surface area contributed by atoms with E-state index in [0.29, 0.717) is 6.54 Å². The van der Waals surface area contributed by atoms with Crippen LogP contribution in [0, 0.1) is 6.92 Å². The fourth-order valence-corrected chi connectivity index (χ4v) is 1.94. The first-order valence-corrected chi connectivity index (χ1v) is 5.56. The van der Waals surface area contributed by atoms with Crippen LogP contribution < -0.4 is 5.32 Å². The van der Waals surface area contributed by atoms with E-state index in [4.69, 9.17) is 5.11 Å². The van der Waals surface area contributed by atoms with E-state index in [1.54, 1.807) is 11.3 Å². The Kier molecular flexibility index (Phi) is 3.84. The van der Waals surface area contributed by atoms with E-state index in [1.165, 1.54) is 12.5 Å². The first kappa shape index (κ1) is 12.2. The van der Waals surface area contributed by atoms with Crippen LogP contribution in [-0.4, -0.2) is 28.3 Å². The van der Waals surface area contributed by atoms with Crippen molar-refractivity contribution in [1.29, 1.82) is 0 Å². The van der Waals surface area contributed by atoms with E-state index in [2.05, 4.69) is 5.32 Å². The summed E-state index contributed by atoms with van der Waals surface area (Å²) in [6.07, 6.45) is 0. The third kappa shape index (κ3) is 3.30. The second-order valence-electron chi connectivity index (χ2n) is 3.76. The van der Waals surface area contributed by atoms with Gasteiger partial charge < -0.3 is 15.5 Å². The number of carbonyl (C=O) groups is 1. The number of aryl methyl sites for hydroxylation is 1. The summed E-state index contributed by atoms with van der Waals surface area (Å²) < 4.78 is 0. The molecule has 5 heteroatoms. The Morgan fingerprint density at radius 2 is 2.27 bits per heavy atom. The van der Waals surface area contributed by atoms with E-state index in [-0.39, 0.29) is 6.54 Å². The standard InChI is InChI=1S/C10H15NO3S/c1-7-4-15-5-8(7)3-11-6-10(2,14)9(12)13/h4-5,11,14H,3,6H2,1-2H3,(H,12,13). The molecule has 1 rings (SSSR count). The van der Waals surface area contributed by atoms with E-state index in [9.17, 15) is 9.90 Å². The van der Waals surface area contributed by atoms with E-state index >= 15 is 0 Å². The molecule has 1 aromatic heterocycles. The lowest BCUT2D eigenvalue weighted by molar-refractivity contribution is -0.156. The Morgan fingerprint density at radius 1 is 1.60 bits per heavy atom. The molecule has 15 heavy (non-hydrogen) atoms. The molecule has 0 saturated heterocycles. The van der Waals surface area contributed by atoms with Crippen molar-refractivity contribution in [3.63, 3.8) is 0 Å². The number of aliphatic carboxylic acids is 1. The van der Waals surface area contributed by atoms with Gasteiger partial charge in [0.1, 0.15) is 0 Å². The van der Waals surface area contributed by atoms with Crippen LogP contribution in [0.15, 0.2) is 10.8 Å². The van der Waals surface area contributed by atoms with Gasteiger partial charge in [0.15, 0.2) is 5.60 Å². The van der Waals surface area contributed by atoms with E-state index < -0.39 is 11.6 Å². The Bertz CT molecular complexity index is 346. The quantitative estimate of drug-likeness (QED) is 0.704. The maximum Gasteiger partial charge on any atom is 0.336 e. The fraction of sp³-hybridized carbons (Fsp3) is 0.500. The molecule has 0 fully saturated rings. The van der Waals surface area contributed by atoms with Crippen molar-refractivity contribution in [2.24, 2.45) is 0 Å². The summed E-state index contributed by atoms with van der Waals surface area (Å²) in [5.74, 6) is -1.21. The summed E-state index contributed by atoms with van der Waals surface area (Å²) in [4.78, 5) is 10.6. The van der Waals surface area contributed by atoms with Gasteiger partial charge in [-0.3, -0.25) is 0 Å². The first-order chi connectivity index (χ1) is 6.93. The topological polar surface area (TPSA) is 69.6 Å². The lowest BCUT2D eigenvalue weighted by atomic mass is 10.1. The number of aliphatic hydroxyl groups is 1.